The molecular formula is C15H21ClN2O2. The van der Waals surface area contributed by atoms with Crippen LogP contribution in [0.2, 0.25) is 5.02 Å². The fourth-order valence-corrected chi connectivity index (χ4v) is 2.73. The molecule has 1 aliphatic rings. The summed E-state index contributed by atoms with van der Waals surface area (Å²) in [5, 5.41) is 3.93. The second-order valence-electron chi connectivity index (χ2n) is 5.40. The molecule has 20 heavy (non-hydrogen) atoms. The molecule has 1 aliphatic heterocycles. The molecule has 1 aromatic rings. The van der Waals surface area contributed by atoms with E-state index in [9.17, 15) is 4.79 Å². The van der Waals surface area contributed by atoms with E-state index in [-0.39, 0.29) is 5.91 Å². The van der Waals surface area contributed by atoms with Crippen LogP contribution in [0, 0.1) is 0 Å². The van der Waals surface area contributed by atoms with Gasteiger partial charge in [-0.1, -0.05) is 23.7 Å². The number of halogens is 1. The summed E-state index contributed by atoms with van der Waals surface area (Å²) in [6, 6.07) is 7.80. The highest BCUT2D eigenvalue weighted by Crippen LogP contribution is 2.24. The molecule has 0 aliphatic carbocycles. The SMILES string of the molecule is CC1CN(C(=O)C(C)Oc2ccccc2Cl)CC(C)N1. The zero-order chi connectivity index (χ0) is 14.7. The van der Waals surface area contributed by atoms with Crippen LogP contribution in [0.5, 0.6) is 5.75 Å². The number of nitrogens with zero attached hydrogens (tertiary/aromatic N) is 1. The lowest BCUT2D eigenvalue weighted by Crippen LogP contribution is -2.57. The second kappa shape index (κ2) is 6.46. The van der Waals surface area contributed by atoms with Crippen LogP contribution in [-0.2, 0) is 4.79 Å². The van der Waals surface area contributed by atoms with Gasteiger partial charge in [-0.25, -0.2) is 0 Å². The summed E-state index contributed by atoms with van der Waals surface area (Å²) in [6.45, 7) is 7.34. The predicted molar refractivity (Wildman–Crippen MR) is 80.2 cm³/mol. The number of carbonyl (C=O) groups excluding carboxylic acids is 1. The van der Waals surface area contributed by atoms with Gasteiger partial charge in [0.2, 0.25) is 0 Å². The van der Waals surface area contributed by atoms with Gasteiger partial charge >= 0.3 is 0 Å². The summed E-state index contributed by atoms with van der Waals surface area (Å²) in [7, 11) is 0. The minimum Gasteiger partial charge on any atom is -0.479 e. The molecule has 1 amide bonds. The molecule has 5 heteroatoms. The molecule has 1 heterocycles. The Morgan fingerprint density at radius 1 is 1.35 bits per heavy atom. The molecule has 2 rings (SSSR count). The molecule has 0 radical (unpaired) electrons. The molecule has 1 N–H and O–H groups in total. The van der Waals surface area contributed by atoms with E-state index in [1.807, 2.05) is 17.0 Å². The van der Waals surface area contributed by atoms with Crippen molar-refractivity contribution in [2.24, 2.45) is 0 Å². The third kappa shape index (κ3) is 3.64. The Labute approximate surface area is 125 Å². The van der Waals surface area contributed by atoms with Crippen molar-refractivity contribution in [2.75, 3.05) is 13.1 Å². The average Bonchev–Trinajstić information content (AvgIpc) is 2.39. The molecule has 0 bridgehead atoms. The van der Waals surface area contributed by atoms with Crippen molar-refractivity contribution in [3.8, 4) is 5.75 Å². The highest BCUT2D eigenvalue weighted by atomic mass is 35.5. The lowest BCUT2D eigenvalue weighted by molar-refractivity contribution is -0.139. The van der Waals surface area contributed by atoms with Gasteiger partial charge in [-0.15, -0.1) is 0 Å². The molecule has 0 spiro atoms. The smallest absolute Gasteiger partial charge is 0.263 e. The molecule has 4 nitrogen and oxygen atoms in total. The molecule has 1 aromatic carbocycles. The van der Waals surface area contributed by atoms with E-state index in [2.05, 4.69) is 19.2 Å². The summed E-state index contributed by atoms with van der Waals surface area (Å²) in [5.74, 6) is 0.552. The van der Waals surface area contributed by atoms with Crippen molar-refractivity contribution >= 4 is 17.5 Å². The van der Waals surface area contributed by atoms with E-state index in [1.165, 1.54) is 0 Å². The van der Waals surface area contributed by atoms with Gasteiger partial charge in [-0.2, -0.15) is 0 Å². The largest absolute Gasteiger partial charge is 0.479 e. The molecular weight excluding hydrogens is 276 g/mol. The van der Waals surface area contributed by atoms with Crippen molar-refractivity contribution < 1.29 is 9.53 Å². The third-order valence-corrected chi connectivity index (χ3v) is 3.67. The first-order chi connectivity index (χ1) is 9.47. The number of ether oxygens (including phenoxy) is 1. The summed E-state index contributed by atoms with van der Waals surface area (Å²) < 4.78 is 5.69. The summed E-state index contributed by atoms with van der Waals surface area (Å²) in [6.07, 6.45) is -0.535. The Morgan fingerprint density at radius 3 is 2.55 bits per heavy atom. The number of piperazine rings is 1. The number of amides is 1. The van der Waals surface area contributed by atoms with Gasteiger partial charge in [0.1, 0.15) is 5.75 Å². The van der Waals surface area contributed by atoms with Crippen LogP contribution in [0.3, 0.4) is 0 Å². The highest BCUT2D eigenvalue weighted by Gasteiger charge is 2.28. The number of rotatable bonds is 3. The van der Waals surface area contributed by atoms with Crippen molar-refractivity contribution in [1.29, 1.82) is 0 Å². The van der Waals surface area contributed by atoms with Gasteiger partial charge in [0.25, 0.3) is 5.91 Å². The number of benzene rings is 1. The summed E-state index contributed by atoms with van der Waals surface area (Å²) in [4.78, 5) is 14.3. The Bertz CT molecular complexity index is 471. The van der Waals surface area contributed by atoms with Crippen molar-refractivity contribution in [2.45, 2.75) is 39.0 Å². The summed E-state index contributed by atoms with van der Waals surface area (Å²) in [5.41, 5.74) is 0. The Balaban J connectivity index is 2.00. The Hall–Kier alpha value is -1.26. The van der Waals surface area contributed by atoms with Gasteiger partial charge in [0.15, 0.2) is 6.10 Å². The van der Waals surface area contributed by atoms with Crippen molar-refractivity contribution in [3.05, 3.63) is 29.3 Å². The predicted octanol–water partition coefficient (Wildman–Crippen LogP) is 2.32. The number of hydrogen-bond acceptors (Lipinski definition) is 3. The molecule has 110 valence electrons. The van der Waals surface area contributed by atoms with Crippen LogP contribution in [0.15, 0.2) is 24.3 Å². The maximum atomic E-state index is 12.4. The van der Waals surface area contributed by atoms with E-state index >= 15 is 0 Å². The van der Waals surface area contributed by atoms with Crippen LogP contribution in [-0.4, -0.2) is 42.1 Å². The first-order valence-electron chi connectivity index (χ1n) is 6.93. The topological polar surface area (TPSA) is 41.6 Å². The third-order valence-electron chi connectivity index (χ3n) is 3.36. The molecule has 0 aromatic heterocycles. The number of para-hydroxylation sites is 1. The van der Waals surface area contributed by atoms with Gasteiger partial charge in [0.05, 0.1) is 5.02 Å². The van der Waals surface area contributed by atoms with Crippen LogP contribution in [0.1, 0.15) is 20.8 Å². The van der Waals surface area contributed by atoms with Gasteiger partial charge < -0.3 is 15.0 Å². The monoisotopic (exact) mass is 296 g/mol. The fraction of sp³-hybridized carbons (Fsp3) is 0.533. The lowest BCUT2D eigenvalue weighted by Gasteiger charge is -2.37. The van der Waals surface area contributed by atoms with Crippen LogP contribution in [0.4, 0.5) is 0 Å². The van der Waals surface area contributed by atoms with Crippen LogP contribution >= 0.6 is 11.6 Å². The van der Waals surface area contributed by atoms with Crippen molar-refractivity contribution in [3.63, 3.8) is 0 Å². The van der Waals surface area contributed by atoms with Crippen LogP contribution in [0.25, 0.3) is 0 Å². The second-order valence-corrected chi connectivity index (χ2v) is 5.81. The van der Waals surface area contributed by atoms with E-state index in [0.29, 0.717) is 35.9 Å². The van der Waals surface area contributed by atoms with E-state index < -0.39 is 6.10 Å². The number of hydrogen-bond donors (Lipinski definition) is 1. The highest BCUT2D eigenvalue weighted by molar-refractivity contribution is 6.32. The van der Waals surface area contributed by atoms with Gasteiger partial charge in [-0.3, -0.25) is 4.79 Å². The first kappa shape index (κ1) is 15.1. The maximum Gasteiger partial charge on any atom is 0.263 e. The van der Waals surface area contributed by atoms with Gasteiger partial charge in [0, 0.05) is 25.2 Å². The molecule has 1 fully saturated rings. The zero-order valence-electron chi connectivity index (χ0n) is 12.1. The number of nitrogens with one attached hydrogen (secondary N) is 1. The molecule has 0 saturated carbocycles. The Morgan fingerprint density at radius 2 is 1.95 bits per heavy atom. The van der Waals surface area contributed by atoms with Crippen molar-refractivity contribution in [1.82, 2.24) is 10.2 Å². The first-order valence-corrected chi connectivity index (χ1v) is 7.31. The summed E-state index contributed by atoms with van der Waals surface area (Å²) >= 11 is 6.05. The van der Waals surface area contributed by atoms with E-state index in [4.69, 9.17) is 16.3 Å². The maximum absolute atomic E-state index is 12.4. The fourth-order valence-electron chi connectivity index (χ4n) is 2.55. The molecule has 3 atom stereocenters. The average molecular weight is 297 g/mol. The molecule has 1 saturated heterocycles. The van der Waals surface area contributed by atoms with E-state index in [0.717, 1.165) is 0 Å². The lowest BCUT2D eigenvalue weighted by atomic mass is 10.1. The minimum absolute atomic E-state index is 0.00474. The van der Waals surface area contributed by atoms with E-state index in [1.54, 1.807) is 19.1 Å². The normalized spacial score (nSPS) is 24.3. The standard InChI is InChI=1S/C15H21ClN2O2/c1-10-8-18(9-11(2)17-10)15(19)12(3)20-14-7-5-4-6-13(14)16/h4-7,10-12,17H,8-9H2,1-3H3. The Kier molecular flexibility index (Phi) is 4.89. The van der Waals surface area contributed by atoms with Gasteiger partial charge in [-0.05, 0) is 32.9 Å². The number of carbonyl (C=O) groups is 1. The van der Waals surface area contributed by atoms with Crippen LogP contribution < -0.4 is 10.1 Å². The quantitative estimate of drug-likeness (QED) is 0.931. The minimum atomic E-state index is -0.535. The zero-order valence-corrected chi connectivity index (χ0v) is 12.9. The molecule has 3 unspecified atom stereocenters.